The van der Waals surface area contributed by atoms with Crippen LogP contribution >= 0.6 is 0 Å². The fourth-order valence-electron chi connectivity index (χ4n) is 2.47. The quantitative estimate of drug-likeness (QED) is 0.854. The van der Waals surface area contributed by atoms with Crippen molar-refractivity contribution in [2.45, 2.75) is 51.9 Å². The minimum absolute atomic E-state index is 0.124. The second kappa shape index (κ2) is 6.94. The van der Waals surface area contributed by atoms with Crippen LogP contribution in [0.4, 0.5) is 4.79 Å². The van der Waals surface area contributed by atoms with E-state index in [0.29, 0.717) is 19.7 Å². The van der Waals surface area contributed by atoms with Crippen LogP contribution in [0.15, 0.2) is 30.3 Å². The molecule has 1 aliphatic heterocycles. The van der Waals surface area contributed by atoms with Crippen LogP contribution in [0.5, 0.6) is 0 Å². The molecule has 2 rings (SSSR count). The van der Waals surface area contributed by atoms with Gasteiger partial charge >= 0.3 is 6.09 Å². The third-order valence-electron chi connectivity index (χ3n) is 3.43. The van der Waals surface area contributed by atoms with Crippen molar-refractivity contribution < 1.29 is 14.3 Å². The van der Waals surface area contributed by atoms with Crippen molar-refractivity contribution in [2.75, 3.05) is 13.1 Å². The van der Waals surface area contributed by atoms with Crippen LogP contribution in [-0.4, -0.2) is 35.8 Å². The lowest BCUT2D eigenvalue weighted by atomic mass is 10.1. The van der Waals surface area contributed by atoms with Gasteiger partial charge in [0.25, 0.3) is 0 Å². The summed E-state index contributed by atoms with van der Waals surface area (Å²) in [5, 5.41) is 0. The molecule has 1 heterocycles. The molecule has 0 saturated carbocycles. The second-order valence-electron chi connectivity index (χ2n) is 6.46. The van der Waals surface area contributed by atoms with Crippen molar-refractivity contribution in [2.24, 2.45) is 0 Å². The van der Waals surface area contributed by atoms with Crippen molar-refractivity contribution in [3.05, 3.63) is 35.9 Å². The minimum Gasteiger partial charge on any atom is -0.445 e. The molecule has 0 N–H and O–H groups in total. The number of amides is 1. The lowest BCUT2D eigenvalue weighted by Gasteiger charge is -2.34. The topological polar surface area (TPSA) is 38.8 Å². The van der Waals surface area contributed by atoms with Crippen LogP contribution in [-0.2, 0) is 16.1 Å². The number of carbonyl (C=O) groups excluding carboxylic acids is 1. The first kappa shape index (κ1) is 15.8. The molecule has 0 aliphatic carbocycles. The Bertz CT molecular complexity index is 445. The molecule has 0 bridgehead atoms. The Morgan fingerprint density at radius 3 is 2.38 bits per heavy atom. The van der Waals surface area contributed by atoms with Crippen molar-refractivity contribution in [3.8, 4) is 0 Å². The zero-order valence-corrected chi connectivity index (χ0v) is 13.2. The van der Waals surface area contributed by atoms with E-state index in [9.17, 15) is 4.79 Å². The summed E-state index contributed by atoms with van der Waals surface area (Å²) in [6.45, 7) is 7.93. The number of benzene rings is 1. The van der Waals surface area contributed by atoms with Crippen LogP contribution in [0.2, 0.25) is 0 Å². The Labute approximate surface area is 127 Å². The average Bonchev–Trinajstić information content (AvgIpc) is 2.45. The Morgan fingerprint density at radius 2 is 1.81 bits per heavy atom. The summed E-state index contributed by atoms with van der Waals surface area (Å²) in [4.78, 5) is 13.8. The molecule has 1 amide bonds. The summed E-state index contributed by atoms with van der Waals surface area (Å²) in [7, 11) is 0. The molecule has 0 aromatic heterocycles. The molecule has 0 unspecified atom stereocenters. The van der Waals surface area contributed by atoms with Crippen molar-refractivity contribution in [3.63, 3.8) is 0 Å². The maximum Gasteiger partial charge on any atom is 0.410 e. The smallest absolute Gasteiger partial charge is 0.410 e. The third kappa shape index (κ3) is 5.38. The van der Waals surface area contributed by atoms with E-state index in [1.54, 1.807) is 4.90 Å². The van der Waals surface area contributed by atoms with Crippen LogP contribution in [0, 0.1) is 0 Å². The third-order valence-corrected chi connectivity index (χ3v) is 3.43. The van der Waals surface area contributed by atoms with Gasteiger partial charge in [-0.1, -0.05) is 30.3 Å². The molecule has 1 aromatic carbocycles. The zero-order valence-electron chi connectivity index (χ0n) is 13.2. The highest BCUT2D eigenvalue weighted by Gasteiger charge is 2.27. The van der Waals surface area contributed by atoms with E-state index < -0.39 is 0 Å². The highest BCUT2D eigenvalue weighted by atomic mass is 16.6. The van der Waals surface area contributed by atoms with Crippen LogP contribution in [0.25, 0.3) is 0 Å². The molecule has 116 valence electrons. The molecular formula is C17H25NO3. The van der Waals surface area contributed by atoms with E-state index in [-0.39, 0.29) is 17.8 Å². The molecule has 1 fully saturated rings. The number of carbonyl (C=O) groups is 1. The van der Waals surface area contributed by atoms with E-state index >= 15 is 0 Å². The SMILES string of the molecule is CC(C)(C)OC1CCN(C(=O)OCc2ccccc2)CC1. The van der Waals surface area contributed by atoms with Gasteiger partial charge in [-0.05, 0) is 39.2 Å². The van der Waals surface area contributed by atoms with Gasteiger partial charge in [-0.25, -0.2) is 4.79 Å². The van der Waals surface area contributed by atoms with Crippen molar-refractivity contribution in [1.29, 1.82) is 0 Å². The lowest BCUT2D eigenvalue weighted by molar-refractivity contribution is -0.0805. The summed E-state index contributed by atoms with van der Waals surface area (Å²) in [6.07, 6.45) is 1.76. The van der Waals surface area contributed by atoms with Gasteiger partial charge in [-0.2, -0.15) is 0 Å². The molecule has 0 spiro atoms. The Hall–Kier alpha value is -1.55. The maximum absolute atomic E-state index is 12.0. The van der Waals surface area contributed by atoms with Crippen LogP contribution in [0.1, 0.15) is 39.2 Å². The maximum atomic E-state index is 12.0. The number of piperidine rings is 1. The highest BCUT2D eigenvalue weighted by Crippen LogP contribution is 2.20. The predicted molar refractivity (Wildman–Crippen MR) is 82.1 cm³/mol. The van der Waals surface area contributed by atoms with Gasteiger partial charge in [0.1, 0.15) is 6.61 Å². The minimum atomic E-state index is -0.229. The number of likely N-dealkylation sites (tertiary alicyclic amines) is 1. The zero-order chi connectivity index (χ0) is 15.3. The molecule has 1 saturated heterocycles. The van der Waals surface area contributed by atoms with Crippen LogP contribution in [0.3, 0.4) is 0 Å². The van der Waals surface area contributed by atoms with Gasteiger partial charge in [0.05, 0.1) is 11.7 Å². The first-order valence-electron chi connectivity index (χ1n) is 7.57. The number of nitrogens with zero attached hydrogens (tertiary/aromatic N) is 1. The van der Waals surface area contributed by atoms with Crippen molar-refractivity contribution >= 4 is 6.09 Å². The fraction of sp³-hybridized carbons (Fsp3) is 0.588. The van der Waals surface area contributed by atoms with E-state index in [2.05, 4.69) is 20.8 Å². The first-order chi connectivity index (χ1) is 9.94. The summed E-state index contributed by atoms with van der Waals surface area (Å²) < 4.78 is 11.3. The first-order valence-corrected chi connectivity index (χ1v) is 7.57. The molecule has 1 aromatic rings. The van der Waals surface area contributed by atoms with E-state index in [1.165, 1.54) is 0 Å². The molecule has 0 atom stereocenters. The Balaban J connectivity index is 1.73. The number of rotatable bonds is 3. The van der Waals surface area contributed by atoms with Gasteiger partial charge < -0.3 is 14.4 Å². The van der Waals surface area contributed by atoms with Gasteiger partial charge in [-0.3, -0.25) is 0 Å². The molecule has 4 nitrogen and oxygen atoms in total. The largest absolute Gasteiger partial charge is 0.445 e. The number of hydrogen-bond acceptors (Lipinski definition) is 3. The molecule has 1 aliphatic rings. The average molecular weight is 291 g/mol. The Morgan fingerprint density at radius 1 is 1.19 bits per heavy atom. The van der Waals surface area contributed by atoms with Gasteiger partial charge in [-0.15, -0.1) is 0 Å². The number of ether oxygens (including phenoxy) is 2. The van der Waals surface area contributed by atoms with E-state index in [1.807, 2.05) is 30.3 Å². The molecule has 21 heavy (non-hydrogen) atoms. The summed E-state index contributed by atoms with van der Waals surface area (Å²) in [5.74, 6) is 0. The van der Waals surface area contributed by atoms with Crippen molar-refractivity contribution in [1.82, 2.24) is 4.90 Å². The monoisotopic (exact) mass is 291 g/mol. The predicted octanol–water partition coefficient (Wildman–Crippen LogP) is 3.60. The van der Waals surface area contributed by atoms with Gasteiger partial charge in [0, 0.05) is 13.1 Å². The Kier molecular flexibility index (Phi) is 5.23. The fourth-order valence-corrected chi connectivity index (χ4v) is 2.47. The van der Waals surface area contributed by atoms with E-state index in [4.69, 9.17) is 9.47 Å². The standard InChI is InChI=1S/C17H25NO3/c1-17(2,3)21-15-9-11-18(12-10-15)16(19)20-13-14-7-5-4-6-8-14/h4-8,15H,9-13H2,1-3H3. The van der Waals surface area contributed by atoms with Gasteiger partial charge in [0.2, 0.25) is 0 Å². The summed E-state index contributed by atoms with van der Waals surface area (Å²) in [6, 6.07) is 9.75. The number of hydrogen-bond donors (Lipinski definition) is 0. The molecule has 0 radical (unpaired) electrons. The van der Waals surface area contributed by atoms with E-state index in [0.717, 1.165) is 18.4 Å². The van der Waals surface area contributed by atoms with Crippen LogP contribution < -0.4 is 0 Å². The molecule has 4 heteroatoms. The normalized spacial score (nSPS) is 16.8. The highest BCUT2D eigenvalue weighted by molar-refractivity contribution is 5.67. The lowest BCUT2D eigenvalue weighted by Crippen LogP contribution is -2.43. The molecular weight excluding hydrogens is 266 g/mol. The van der Waals surface area contributed by atoms with Gasteiger partial charge in [0.15, 0.2) is 0 Å². The summed E-state index contributed by atoms with van der Waals surface area (Å²) in [5.41, 5.74) is 0.887. The summed E-state index contributed by atoms with van der Waals surface area (Å²) >= 11 is 0. The second-order valence-corrected chi connectivity index (χ2v) is 6.46.